The standard InChI is InChI=1S/C8H17.Ni/c1-3-5-7-8-6-4-2;/h3H,4-8H2,1-2H3;/q-1;. The fourth-order valence-electron chi connectivity index (χ4n) is 0.775. The summed E-state index contributed by atoms with van der Waals surface area (Å²) in [5, 5.41) is 0. The third kappa shape index (κ3) is 11.9. The van der Waals surface area contributed by atoms with Crippen molar-refractivity contribution in [2.75, 3.05) is 0 Å². The molecule has 0 atom stereocenters. The van der Waals surface area contributed by atoms with Crippen molar-refractivity contribution in [3.05, 3.63) is 6.42 Å². The summed E-state index contributed by atoms with van der Waals surface area (Å²) in [5.74, 6) is 0. The maximum absolute atomic E-state index is 2.25. The Morgan fingerprint density at radius 2 is 1.78 bits per heavy atom. The Hall–Kier alpha value is 0.494. The second-order valence-electron chi connectivity index (χ2n) is 2.26. The summed E-state index contributed by atoms with van der Waals surface area (Å²) >= 11 is 0. The molecule has 60 valence electrons. The third-order valence-electron chi connectivity index (χ3n) is 1.35. The van der Waals surface area contributed by atoms with Crippen LogP contribution >= 0.6 is 0 Å². The fourth-order valence-corrected chi connectivity index (χ4v) is 0.775. The Balaban J connectivity index is 0. The van der Waals surface area contributed by atoms with Crippen LogP contribution in [0.3, 0.4) is 0 Å². The van der Waals surface area contributed by atoms with Crippen LogP contribution in [-0.4, -0.2) is 0 Å². The summed E-state index contributed by atoms with van der Waals surface area (Å²) in [6.07, 6.45) is 9.12. The van der Waals surface area contributed by atoms with E-state index in [1.54, 1.807) is 0 Å². The SMILES string of the molecule is C[CH-]CCCCCC.[Ni]. The van der Waals surface area contributed by atoms with Crippen LogP contribution < -0.4 is 0 Å². The number of unbranched alkanes of at least 4 members (excludes halogenated alkanes) is 5. The van der Waals surface area contributed by atoms with Crippen molar-refractivity contribution < 1.29 is 16.5 Å². The molecule has 0 aliphatic rings. The first-order valence-electron chi connectivity index (χ1n) is 3.69. The summed E-state index contributed by atoms with van der Waals surface area (Å²) < 4.78 is 0. The van der Waals surface area contributed by atoms with E-state index in [1.165, 1.54) is 32.1 Å². The van der Waals surface area contributed by atoms with E-state index >= 15 is 0 Å². The zero-order valence-corrected chi connectivity index (χ0v) is 7.42. The predicted octanol–water partition coefficient (Wildman–Crippen LogP) is 3.18. The molecular weight excluding hydrogens is 155 g/mol. The van der Waals surface area contributed by atoms with Gasteiger partial charge in [-0.05, 0) is 0 Å². The molecular formula is C8H17Ni-. The van der Waals surface area contributed by atoms with Gasteiger partial charge in [-0.3, -0.25) is 0 Å². The van der Waals surface area contributed by atoms with Gasteiger partial charge in [0.1, 0.15) is 0 Å². The number of hydrogen-bond donors (Lipinski definition) is 0. The Morgan fingerprint density at radius 3 is 2.22 bits per heavy atom. The predicted molar refractivity (Wildman–Crippen MR) is 38.7 cm³/mol. The molecule has 0 N–H and O–H groups in total. The first kappa shape index (κ1) is 12.2. The number of hydrogen-bond acceptors (Lipinski definition) is 0. The van der Waals surface area contributed by atoms with Crippen molar-refractivity contribution in [2.24, 2.45) is 0 Å². The maximum Gasteiger partial charge on any atom is 0 e. The van der Waals surface area contributed by atoms with E-state index in [9.17, 15) is 0 Å². The summed E-state index contributed by atoms with van der Waals surface area (Å²) in [6.45, 7) is 4.38. The summed E-state index contributed by atoms with van der Waals surface area (Å²) in [5.41, 5.74) is 0. The van der Waals surface area contributed by atoms with E-state index in [0.717, 1.165) is 0 Å². The number of rotatable bonds is 5. The molecule has 0 fully saturated rings. The van der Waals surface area contributed by atoms with E-state index in [0.29, 0.717) is 0 Å². The molecule has 0 unspecified atom stereocenters. The molecule has 0 saturated heterocycles. The first-order chi connectivity index (χ1) is 3.91. The maximum atomic E-state index is 2.25. The Bertz CT molecular complexity index is 29.5. The van der Waals surface area contributed by atoms with E-state index in [2.05, 4.69) is 20.3 Å². The van der Waals surface area contributed by atoms with E-state index in [4.69, 9.17) is 0 Å². The van der Waals surface area contributed by atoms with Crippen LogP contribution in [-0.2, 0) is 16.5 Å². The second kappa shape index (κ2) is 11.3. The van der Waals surface area contributed by atoms with Crippen LogP contribution in [0.15, 0.2) is 0 Å². The smallest absolute Gasteiger partial charge is 0 e. The monoisotopic (exact) mass is 171 g/mol. The summed E-state index contributed by atoms with van der Waals surface area (Å²) in [4.78, 5) is 0. The zero-order chi connectivity index (χ0) is 6.24. The Labute approximate surface area is 69.3 Å². The van der Waals surface area contributed by atoms with Gasteiger partial charge in [0.05, 0.1) is 0 Å². The van der Waals surface area contributed by atoms with Crippen LogP contribution in [0.2, 0.25) is 0 Å². The Kier molecular flexibility index (Phi) is 15.3. The van der Waals surface area contributed by atoms with Crippen LogP contribution in [0.1, 0.15) is 46.0 Å². The minimum absolute atomic E-state index is 0. The minimum atomic E-state index is 0. The molecule has 0 aliphatic heterocycles. The van der Waals surface area contributed by atoms with Crippen LogP contribution in [0.4, 0.5) is 0 Å². The molecule has 0 aromatic heterocycles. The van der Waals surface area contributed by atoms with Crippen molar-refractivity contribution in [1.82, 2.24) is 0 Å². The van der Waals surface area contributed by atoms with Gasteiger partial charge in [-0.25, -0.2) is 0 Å². The molecule has 0 saturated carbocycles. The van der Waals surface area contributed by atoms with Crippen LogP contribution in [0, 0.1) is 6.42 Å². The molecule has 0 aromatic carbocycles. The molecule has 0 aromatic rings. The summed E-state index contributed by atoms with van der Waals surface area (Å²) in [7, 11) is 0. The van der Waals surface area contributed by atoms with Crippen molar-refractivity contribution in [3.63, 3.8) is 0 Å². The third-order valence-corrected chi connectivity index (χ3v) is 1.35. The van der Waals surface area contributed by atoms with Crippen LogP contribution in [0.25, 0.3) is 0 Å². The van der Waals surface area contributed by atoms with Gasteiger partial charge in [0.25, 0.3) is 0 Å². The second-order valence-corrected chi connectivity index (χ2v) is 2.26. The molecule has 9 heavy (non-hydrogen) atoms. The average Bonchev–Trinajstić information content (AvgIpc) is 1.81. The molecule has 0 radical (unpaired) electrons. The molecule has 0 bridgehead atoms. The topological polar surface area (TPSA) is 0 Å². The first-order valence-corrected chi connectivity index (χ1v) is 3.69. The fraction of sp³-hybridized carbons (Fsp3) is 0.875. The van der Waals surface area contributed by atoms with Crippen molar-refractivity contribution >= 4 is 0 Å². The largest absolute Gasteiger partial charge is 0.332 e. The minimum Gasteiger partial charge on any atom is -0.332 e. The van der Waals surface area contributed by atoms with Crippen molar-refractivity contribution in [1.29, 1.82) is 0 Å². The van der Waals surface area contributed by atoms with Gasteiger partial charge in [0, 0.05) is 16.5 Å². The molecule has 0 amide bonds. The molecule has 1 heteroatoms. The van der Waals surface area contributed by atoms with Gasteiger partial charge in [-0.15, -0.1) is 0 Å². The molecule has 0 spiro atoms. The van der Waals surface area contributed by atoms with Gasteiger partial charge in [0.2, 0.25) is 0 Å². The van der Waals surface area contributed by atoms with E-state index < -0.39 is 0 Å². The quantitative estimate of drug-likeness (QED) is 0.339. The van der Waals surface area contributed by atoms with Crippen molar-refractivity contribution in [3.8, 4) is 0 Å². The molecule has 0 heterocycles. The van der Waals surface area contributed by atoms with Crippen LogP contribution in [0.5, 0.6) is 0 Å². The zero-order valence-electron chi connectivity index (χ0n) is 6.43. The average molecular weight is 172 g/mol. The normalized spacial score (nSPS) is 8.67. The molecule has 0 rings (SSSR count). The van der Waals surface area contributed by atoms with Gasteiger partial charge < -0.3 is 6.42 Å². The van der Waals surface area contributed by atoms with E-state index in [1.807, 2.05) is 0 Å². The van der Waals surface area contributed by atoms with E-state index in [-0.39, 0.29) is 16.5 Å². The van der Waals surface area contributed by atoms with Crippen molar-refractivity contribution in [2.45, 2.75) is 46.0 Å². The van der Waals surface area contributed by atoms with Gasteiger partial charge in [-0.1, -0.05) is 32.6 Å². The summed E-state index contributed by atoms with van der Waals surface area (Å²) in [6, 6.07) is 0. The molecule has 0 aliphatic carbocycles. The van der Waals surface area contributed by atoms with Gasteiger partial charge >= 0.3 is 0 Å². The van der Waals surface area contributed by atoms with Gasteiger partial charge in [0.15, 0.2) is 0 Å². The molecule has 0 nitrogen and oxygen atoms in total. The van der Waals surface area contributed by atoms with Gasteiger partial charge in [-0.2, -0.15) is 13.3 Å². The Morgan fingerprint density at radius 1 is 1.11 bits per heavy atom.